The molecular formula is C13H19ClN2O3. The molecule has 0 spiro atoms. The van der Waals surface area contributed by atoms with E-state index >= 15 is 0 Å². The van der Waals surface area contributed by atoms with Crippen molar-refractivity contribution in [3.05, 3.63) is 22.7 Å². The maximum absolute atomic E-state index is 11.6. The Labute approximate surface area is 118 Å². The second-order valence-electron chi connectivity index (χ2n) is 3.97. The van der Waals surface area contributed by atoms with Gasteiger partial charge in [0.1, 0.15) is 0 Å². The molecule has 1 unspecified atom stereocenters. The molecular weight excluding hydrogens is 268 g/mol. The first-order chi connectivity index (χ1) is 9.03. The van der Waals surface area contributed by atoms with Crippen molar-refractivity contribution in [2.75, 3.05) is 13.7 Å². The average Bonchev–Trinajstić information content (AvgIpc) is 2.40. The van der Waals surface area contributed by atoms with E-state index in [-0.39, 0.29) is 5.91 Å². The highest BCUT2D eigenvalue weighted by Crippen LogP contribution is 2.37. The van der Waals surface area contributed by atoms with Gasteiger partial charge >= 0.3 is 0 Å². The number of benzene rings is 1. The predicted molar refractivity (Wildman–Crippen MR) is 74.7 cm³/mol. The van der Waals surface area contributed by atoms with E-state index in [0.717, 1.165) is 5.56 Å². The summed E-state index contributed by atoms with van der Waals surface area (Å²) in [6.45, 7) is 4.39. The third-order valence-corrected chi connectivity index (χ3v) is 2.82. The van der Waals surface area contributed by atoms with Crippen molar-refractivity contribution in [2.45, 2.75) is 26.5 Å². The van der Waals surface area contributed by atoms with Crippen LogP contribution in [0.5, 0.6) is 11.5 Å². The van der Waals surface area contributed by atoms with Crippen LogP contribution in [0.25, 0.3) is 0 Å². The Morgan fingerprint density at radius 1 is 1.53 bits per heavy atom. The van der Waals surface area contributed by atoms with Crippen molar-refractivity contribution >= 4 is 17.5 Å². The van der Waals surface area contributed by atoms with Gasteiger partial charge in [-0.05, 0) is 31.5 Å². The quantitative estimate of drug-likeness (QED) is 0.835. The van der Waals surface area contributed by atoms with E-state index in [2.05, 4.69) is 5.32 Å². The van der Waals surface area contributed by atoms with E-state index < -0.39 is 6.10 Å². The minimum absolute atomic E-state index is 0.205. The van der Waals surface area contributed by atoms with E-state index in [1.54, 1.807) is 19.1 Å². The molecule has 1 amide bonds. The number of hydrogen-bond donors (Lipinski definition) is 2. The van der Waals surface area contributed by atoms with Crippen LogP contribution in [0.3, 0.4) is 0 Å². The number of ether oxygens (including phenoxy) is 2. The molecule has 0 radical (unpaired) electrons. The minimum atomic E-state index is -0.657. The minimum Gasteiger partial charge on any atom is -0.493 e. The van der Waals surface area contributed by atoms with Crippen LogP contribution in [0.4, 0.5) is 0 Å². The molecule has 0 bridgehead atoms. The van der Waals surface area contributed by atoms with Gasteiger partial charge in [0.2, 0.25) is 0 Å². The summed E-state index contributed by atoms with van der Waals surface area (Å²) in [4.78, 5) is 11.6. The second-order valence-corrected chi connectivity index (χ2v) is 4.38. The Morgan fingerprint density at radius 3 is 2.74 bits per heavy atom. The van der Waals surface area contributed by atoms with Gasteiger partial charge in [0, 0.05) is 13.1 Å². The number of rotatable bonds is 6. The van der Waals surface area contributed by atoms with Crippen molar-refractivity contribution in [1.29, 1.82) is 0 Å². The molecule has 0 heterocycles. The number of carbonyl (C=O) groups is 1. The number of halogens is 1. The summed E-state index contributed by atoms with van der Waals surface area (Å²) in [6.07, 6.45) is -0.657. The van der Waals surface area contributed by atoms with Crippen molar-refractivity contribution in [1.82, 2.24) is 5.32 Å². The Kier molecular flexibility index (Phi) is 5.92. The van der Waals surface area contributed by atoms with Crippen LogP contribution in [0, 0.1) is 0 Å². The zero-order valence-corrected chi connectivity index (χ0v) is 12.1. The summed E-state index contributed by atoms with van der Waals surface area (Å²) >= 11 is 6.13. The van der Waals surface area contributed by atoms with Crippen LogP contribution in [0.1, 0.15) is 19.4 Å². The Hall–Kier alpha value is -1.46. The number of methoxy groups -OCH3 is 1. The number of nitrogens with two attached hydrogens (primary N) is 1. The predicted octanol–water partition coefficient (Wildman–Crippen LogP) is 1.71. The van der Waals surface area contributed by atoms with Crippen molar-refractivity contribution in [2.24, 2.45) is 5.73 Å². The van der Waals surface area contributed by atoms with E-state index in [1.165, 1.54) is 7.11 Å². The molecule has 5 nitrogen and oxygen atoms in total. The van der Waals surface area contributed by atoms with Gasteiger partial charge in [-0.15, -0.1) is 0 Å². The molecule has 0 aromatic heterocycles. The third-order valence-electron chi connectivity index (χ3n) is 2.54. The van der Waals surface area contributed by atoms with Crippen LogP contribution in [-0.4, -0.2) is 25.7 Å². The van der Waals surface area contributed by atoms with Gasteiger partial charge in [-0.3, -0.25) is 4.79 Å². The molecule has 1 atom stereocenters. The van der Waals surface area contributed by atoms with Gasteiger partial charge in [-0.1, -0.05) is 11.6 Å². The second kappa shape index (κ2) is 7.21. The highest BCUT2D eigenvalue weighted by molar-refractivity contribution is 6.32. The number of hydrogen-bond acceptors (Lipinski definition) is 4. The monoisotopic (exact) mass is 286 g/mol. The Morgan fingerprint density at radius 2 is 2.21 bits per heavy atom. The zero-order chi connectivity index (χ0) is 14.4. The van der Waals surface area contributed by atoms with E-state index in [4.69, 9.17) is 26.8 Å². The number of nitrogens with one attached hydrogen (secondary N) is 1. The average molecular weight is 287 g/mol. The highest BCUT2D eigenvalue weighted by atomic mass is 35.5. The lowest BCUT2D eigenvalue weighted by atomic mass is 10.2. The van der Waals surface area contributed by atoms with Gasteiger partial charge in [0.05, 0.1) is 12.1 Å². The molecule has 0 saturated heterocycles. The number of likely N-dealkylation sites (N-methyl/N-ethyl adjacent to an activating group) is 1. The lowest BCUT2D eigenvalue weighted by molar-refractivity contribution is -0.127. The molecule has 0 saturated carbocycles. The normalized spacial score (nSPS) is 11.8. The first kappa shape index (κ1) is 15.6. The first-order valence-electron chi connectivity index (χ1n) is 6.04. The standard InChI is InChI=1S/C13H19ClN2O3/c1-4-16-13(17)8(2)19-12-10(14)5-9(7-15)6-11(12)18-3/h5-6,8H,4,7,15H2,1-3H3,(H,16,17). The Balaban J connectivity index is 2.97. The van der Waals surface area contributed by atoms with Crippen LogP contribution < -0.4 is 20.5 Å². The molecule has 1 aromatic carbocycles. The molecule has 6 heteroatoms. The molecule has 1 rings (SSSR count). The van der Waals surface area contributed by atoms with Gasteiger partial charge in [0.15, 0.2) is 17.6 Å². The van der Waals surface area contributed by atoms with Crippen molar-refractivity contribution < 1.29 is 14.3 Å². The molecule has 19 heavy (non-hydrogen) atoms. The summed E-state index contributed by atoms with van der Waals surface area (Å²) in [6, 6.07) is 3.44. The van der Waals surface area contributed by atoms with Crippen LogP contribution in [0.15, 0.2) is 12.1 Å². The molecule has 1 aromatic rings. The topological polar surface area (TPSA) is 73.6 Å². The van der Waals surface area contributed by atoms with Crippen LogP contribution in [0.2, 0.25) is 5.02 Å². The lowest BCUT2D eigenvalue weighted by Crippen LogP contribution is -2.36. The maximum atomic E-state index is 11.6. The third kappa shape index (κ3) is 4.01. The van der Waals surface area contributed by atoms with Crippen LogP contribution >= 0.6 is 11.6 Å². The van der Waals surface area contributed by atoms with Gasteiger partial charge in [-0.25, -0.2) is 0 Å². The van der Waals surface area contributed by atoms with E-state index in [9.17, 15) is 4.79 Å². The fraction of sp³-hybridized carbons (Fsp3) is 0.462. The zero-order valence-electron chi connectivity index (χ0n) is 11.3. The summed E-state index contributed by atoms with van der Waals surface area (Å²) in [5.74, 6) is 0.604. The van der Waals surface area contributed by atoms with Gasteiger partial charge in [0.25, 0.3) is 5.91 Å². The fourth-order valence-electron chi connectivity index (χ4n) is 1.55. The van der Waals surface area contributed by atoms with Crippen molar-refractivity contribution in [3.8, 4) is 11.5 Å². The molecule has 3 N–H and O–H groups in total. The molecule has 0 aliphatic rings. The van der Waals surface area contributed by atoms with E-state index in [0.29, 0.717) is 29.6 Å². The number of carbonyl (C=O) groups excluding carboxylic acids is 1. The number of amides is 1. The smallest absolute Gasteiger partial charge is 0.260 e. The largest absolute Gasteiger partial charge is 0.493 e. The molecule has 0 fully saturated rings. The molecule has 0 aliphatic heterocycles. The summed E-state index contributed by atoms with van der Waals surface area (Å²) < 4.78 is 10.8. The highest BCUT2D eigenvalue weighted by Gasteiger charge is 2.19. The summed E-state index contributed by atoms with van der Waals surface area (Å²) in [5, 5.41) is 3.05. The lowest BCUT2D eigenvalue weighted by Gasteiger charge is -2.18. The van der Waals surface area contributed by atoms with Crippen molar-refractivity contribution in [3.63, 3.8) is 0 Å². The SMILES string of the molecule is CCNC(=O)C(C)Oc1c(Cl)cc(CN)cc1OC. The van der Waals surface area contributed by atoms with Gasteiger partial charge in [-0.2, -0.15) is 0 Å². The maximum Gasteiger partial charge on any atom is 0.260 e. The summed E-state index contributed by atoms with van der Waals surface area (Å²) in [7, 11) is 1.51. The van der Waals surface area contributed by atoms with Crippen LogP contribution in [-0.2, 0) is 11.3 Å². The first-order valence-corrected chi connectivity index (χ1v) is 6.42. The Bertz CT molecular complexity index is 452. The van der Waals surface area contributed by atoms with E-state index in [1.807, 2.05) is 6.92 Å². The summed E-state index contributed by atoms with van der Waals surface area (Å²) in [5.41, 5.74) is 6.40. The molecule has 0 aliphatic carbocycles. The molecule has 106 valence electrons. The van der Waals surface area contributed by atoms with Gasteiger partial charge < -0.3 is 20.5 Å². The fourth-order valence-corrected chi connectivity index (χ4v) is 1.83.